The summed E-state index contributed by atoms with van der Waals surface area (Å²) in [5.74, 6) is 0.226. The summed E-state index contributed by atoms with van der Waals surface area (Å²) in [5, 5.41) is 8.99. The second kappa shape index (κ2) is 6.40. The maximum Gasteiger partial charge on any atom is 0.410 e. The number of amides is 2. The first-order chi connectivity index (χ1) is 11.8. The fourth-order valence-corrected chi connectivity index (χ4v) is 3.36. The molecule has 1 aromatic rings. The van der Waals surface area contributed by atoms with Crippen molar-refractivity contribution in [3.05, 3.63) is 34.9 Å². The number of ether oxygens (including phenoxy) is 1. The minimum absolute atomic E-state index is 0.0252. The van der Waals surface area contributed by atoms with Gasteiger partial charge < -0.3 is 14.5 Å². The monoisotopic (exact) mass is 341 g/mol. The van der Waals surface area contributed by atoms with E-state index in [2.05, 4.69) is 6.07 Å². The van der Waals surface area contributed by atoms with Gasteiger partial charge in [0.15, 0.2) is 0 Å². The molecular weight excluding hydrogens is 318 g/mol. The molecule has 2 heterocycles. The summed E-state index contributed by atoms with van der Waals surface area (Å²) in [5.41, 5.74) is 1.60. The number of benzene rings is 1. The summed E-state index contributed by atoms with van der Waals surface area (Å²) in [6.07, 6.45) is 0.577. The van der Waals surface area contributed by atoms with Crippen molar-refractivity contribution in [2.24, 2.45) is 5.92 Å². The van der Waals surface area contributed by atoms with Crippen molar-refractivity contribution >= 4 is 12.0 Å². The minimum atomic E-state index is -0.500. The Morgan fingerprint density at radius 1 is 1.40 bits per heavy atom. The standard InChI is InChI=1S/C19H23N3O3/c1-19(2,3)25-18(24)21-7-6-14(10-21)11-22-12-15-5-4-13(9-20)8-16(15)17(22)23/h4-5,8,14H,6-7,10-12H2,1-3H3. The van der Waals surface area contributed by atoms with E-state index in [-0.39, 0.29) is 17.9 Å². The number of nitrogens with zero attached hydrogens (tertiary/aromatic N) is 3. The molecule has 0 N–H and O–H groups in total. The Bertz CT molecular complexity index is 745. The molecule has 1 fully saturated rings. The largest absolute Gasteiger partial charge is 0.444 e. The van der Waals surface area contributed by atoms with Gasteiger partial charge in [0.1, 0.15) is 5.60 Å². The third-order valence-electron chi connectivity index (χ3n) is 4.53. The molecule has 0 aromatic heterocycles. The van der Waals surface area contributed by atoms with Crippen molar-refractivity contribution in [2.45, 2.75) is 39.3 Å². The zero-order chi connectivity index (χ0) is 18.2. The third-order valence-corrected chi connectivity index (χ3v) is 4.53. The molecule has 1 saturated heterocycles. The van der Waals surface area contributed by atoms with E-state index in [1.54, 1.807) is 17.0 Å². The predicted octanol–water partition coefficient (Wildman–Crippen LogP) is 2.77. The van der Waals surface area contributed by atoms with Crippen molar-refractivity contribution in [3.63, 3.8) is 0 Å². The molecule has 3 rings (SSSR count). The van der Waals surface area contributed by atoms with Gasteiger partial charge in [-0.05, 0) is 50.8 Å². The van der Waals surface area contributed by atoms with Crippen LogP contribution in [0.1, 0.15) is 48.7 Å². The summed E-state index contributed by atoms with van der Waals surface area (Å²) in [6, 6.07) is 7.34. The van der Waals surface area contributed by atoms with Gasteiger partial charge in [0.25, 0.3) is 5.91 Å². The minimum Gasteiger partial charge on any atom is -0.444 e. The zero-order valence-corrected chi connectivity index (χ0v) is 14.9. The van der Waals surface area contributed by atoms with Crippen molar-refractivity contribution in [3.8, 4) is 6.07 Å². The Morgan fingerprint density at radius 3 is 2.84 bits per heavy atom. The van der Waals surface area contributed by atoms with Gasteiger partial charge in [-0.2, -0.15) is 5.26 Å². The quantitative estimate of drug-likeness (QED) is 0.829. The summed E-state index contributed by atoms with van der Waals surface area (Å²) < 4.78 is 5.41. The highest BCUT2D eigenvalue weighted by molar-refractivity contribution is 5.98. The summed E-state index contributed by atoms with van der Waals surface area (Å²) in [6.45, 7) is 8.03. The van der Waals surface area contributed by atoms with E-state index in [0.29, 0.717) is 37.3 Å². The number of likely N-dealkylation sites (tertiary alicyclic amines) is 1. The molecule has 0 saturated carbocycles. The van der Waals surface area contributed by atoms with Crippen molar-refractivity contribution in [1.29, 1.82) is 5.26 Å². The first-order valence-corrected chi connectivity index (χ1v) is 8.57. The van der Waals surface area contributed by atoms with E-state index in [4.69, 9.17) is 10.00 Å². The number of hydrogen-bond acceptors (Lipinski definition) is 4. The predicted molar refractivity (Wildman–Crippen MR) is 91.8 cm³/mol. The number of carbonyl (C=O) groups is 2. The molecule has 2 aliphatic heterocycles. The molecule has 2 aliphatic rings. The average molecular weight is 341 g/mol. The van der Waals surface area contributed by atoms with Crippen LogP contribution in [0.2, 0.25) is 0 Å². The molecule has 0 radical (unpaired) electrons. The number of carbonyl (C=O) groups excluding carboxylic acids is 2. The van der Waals surface area contributed by atoms with E-state index < -0.39 is 5.60 Å². The van der Waals surface area contributed by atoms with Gasteiger partial charge >= 0.3 is 6.09 Å². The molecule has 25 heavy (non-hydrogen) atoms. The van der Waals surface area contributed by atoms with Gasteiger partial charge in [-0.25, -0.2) is 4.79 Å². The normalized spacial score (nSPS) is 19.8. The van der Waals surface area contributed by atoms with Crippen LogP contribution in [0, 0.1) is 17.2 Å². The maximum absolute atomic E-state index is 12.6. The molecule has 1 aromatic carbocycles. The van der Waals surface area contributed by atoms with Gasteiger partial charge in [0, 0.05) is 31.7 Å². The lowest BCUT2D eigenvalue weighted by atomic mass is 10.1. The van der Waals surface area contributed by atoms with E-state index in [9.17, 15) is 9.59 Å². The van der Waals surface area contributed by atoms with Gasteiger partial charge in [0.05, 0.1) is 11.6 Å². The maximum atomic E-state index is 12.6. The van der Waals surface area contributed by atoms with Crippen molar-refractivity contribution < 1.29 is 14.3 Å². The molecule has 132 valence electrons. The SMILES string of the molecule is CC(C)(C)OC(=O)N1CCC(CN2Cc3ccc(C#N)cc3C2=O)C1. The second-order valence-electron chi connectivity index (χ2n) is 7.75. The fourth-order valence-electron chi connectivity index (χ4n) is 3.36. The molecule has 0 aliphatic carbocycles. The number of fused-ring (bicyclic) bond motifs is 1. The Labute approximate surface area is 148 Å². The van der Waals surface area contributed by atoms with E-state index in [1.165, 1.54) is 0 Å². The van der Waals surface area contributed by atoms with Crippen LogP contribution in [0.3, 0.4) is 0 Å². The zero-order valence-electron chi connectivity index (χ0n) is 14.9. The summed E-state index contributed by atoms with van der Waals surface area (Å²) in [4.78, 5) is 28.3. The van der Waals surface area contributed by atoms with Crippen LogP contribution in [0.25, 0.3) is 0 Å². The van der Waals surface area contributed by atoms with Crippen LogP contribution in [-0.4, -0.2) is 47.0 Å². The Morgan fingerprint density at radius 2 is 2.16 bits per heavy atom. The topological polar surface area (TPSA) is 73.6 Å². The smallest absolute Gasteiger partial charge is 0.410 e. The molecule has 1 unspecified atom stereocenters. The van der Waals surface area contributed by atoms with Crippen molar-refractivity contribution in [2.75, 3.05) is 19.6 Å². The van der Waals surface area contributed by atoms with Gasteiger partial charge in [-0.1, -0.05) is 6.07 Å². The molecule has 6 heteroatoms. The van der Waals surface area contributed by atoms with Gasteiger partial charge in [0.2, 0.25) is 0 Å². The lowest BCUT2D eigenvalue weighted by Crippen LogP contribution is -2.36. The Kier molecular flexibility index (Phi) is 4.42. The van der Waals surface area contributed by atoms with Crippen LogP contribution < -0.4 is 0 Å². The fraction of sp³-hybridized carbons (Fsp3) is 0.526. The summed E-state index contributed by atoms with van der Waals surface area (Å²) in [7, 11) is 0. The molecular formula is C19H23N3O3. The summed E-state index contributed by atoms with van der Waals surface area (Å²) >= 11 is 0. The molecule has 1 atom stereocenters. The average Bonchev–Trinajstić information content (AvgIpc) is 3.12. The van der Waals surface area contributed by atoms with Crippen molar-refractivity contribution in [1.82, 2.24) is 9.80 Å². The molecule has 2 amide bonds. The first kappa shape index (κ1) is 17.3. The highest BCUT2D eigenvalue weighted by atomic mass is 16.6. The first-order valence-electron chi connectivity index (χ1n) is 8.57. The van der Waals surface area contributed by atoms with Crippen LogP contribution >= 0.6 is 0 Å². The Hall–Kier alpha value is -2.55. The number of hydrogen-bond donors (Lipinski definition) is 0. The highest BCUT2D eigenvalue weighted by Gasteiger charge is 2.34. The van der Waals surface area contributed by atoms with Crippen LogP contribution in [0.4, 0.5) is 4.79 Å². The van der Waals surface area contributed by atoms with Gasteiger partial charge in [-0.15, -0.1) is 0 Å². The highest BCUT2D eigenvalue weighted by Crippen LogP contribution is 2.27. The van der Waals surface area contributed by atoms with Crippen LogP contribution in [0.5, 0.6) is 0 Å². The van der Waals surface area contributed by atoms with E-state index in [0.717, 1.165) is 12.0 Å². The number of rotatable bonds is 2. The second-order valence-corrected chi connectivity index (χ2v) is 7.75. The number of nitriles is 1. The third kappa shape index (κ3) is 3.76. The Balaban J connectivity index is 1.59. The lowest BCUT2D eigenvalue weighted by Gasteiger charge is -2.25. The molecule has 0 spiro atoms. The van der Waals surface area contributed by atoms with Gasteiger partial charge in [-0.3, -0.25) is 4.79 Å². The van der Waals surface area contributed by atoms with E-state index in [1.807, 2.05) is 31.7 Å². The van der Waals surface area contributed by atoms with E-state index >= 15 is 0 Å². The van der Waals surface area contributed by atoms with Crippen LogP contribution in [-0.2, 0) is 11.3 Å². The molecule has 6 nitrogen and oxygen atoms in total. The van der Waals surface area contributed by atoms with Crippen LogP contribution in [0.15, 0.2) is 18.2 Å². The molecule has 0 bridgehead atoms. The lowest BCUT2D eigenvalue weighted by molar-refractivity contribution is 0.0286.